The van der Waals surface area contributed by atoms with Crippen LogP contribution in [0.1, 0.15) is 39.0 Å². The van der Waals surface area contributed by atoms with Crippen LogP contribution in [0.25, 0.3) is 0 Å². The summed E-state index contributed by atoms with van der Waals surface area (Å²) in [7, 11) is 0. The molecule has 4 heteroatoms. The third-order valence-corrected chi connectivity index (χ3v) is 2.19. The van der Waals surface area contributed by atoms with Crippen LogP contribution >= 0.6 is 11.6 Å². The van der Waals surface area contributed by atoms with E-state index >= 15 is 0 Å². The van der Waals surface area contributed by atoms with Crippen molar-refractivity contribution < 1.29 is 9.53 Å². The van der Waals surface area contributed by atoms with Gasteiger partial charge >= 0.3 is 0 Å². The molecule has 0 aromatic heterocycles. The number of alkyl halides is 1. The molecule has 0 fully saturated rings. The fourth-order valence-electron chi connectivity index (χ4n) is 1.12. The largest absolute Gasteiger partial charge is 0.381 e. The van der Waals surface area contributed by atoms with Crippen molar-refractivity contribution in [1.82, 2.24) is 5.32 Å². The van der Waals surface area contributed by atoms with Gasteiger partial charge in [-0.3, -0.25) is 4.79 Å². The number of carbonyl (C=O) groups is 1. The van der Waals surface area contributed by atoms with E-state index in [1.54, 1.807) is 0 Å². The van der Waals surface area contributed by atoms with Crippen LogP contribution in [0.4, 0.5) is 0 Å². The van der Waals surface area contributed by atoms with Gasteiger partial charge in [-0.15, -0.1) is 11.6 Å². The summed E-state index contributed by atoms with van der Waals surface area (Å²) >= 11 is 5.51. The molecular weight excluding hydrogens is 214 g/mol. The molecule has 0 bridgehead atoms. The molecule has 0 saturated heterocycles. The van der Waals surface area contributed by atoms with Gasteiger partial charge in [-0.2, -0.15) is 0 Å². The van der Waals surface area contributed by atoms with E-state index in [0.717, 1.165) is 38.9 Å². The monoisotopic (exact) mass is 235 g/mol. The van der Waals surface area contributed by atoms with Crippen LogP contribution in [-0.2, 0) is 9.53 Å². The zero-order valence-electron chi connectivity index (χ0n) is 9.56. The number of ether oxygens (including phenoxy) is 1. The van der Waals surface area contributed by atoms with E-state index in [1.165, 1.54) is 0 Å². The predicted molar refractivity (Wildman–Crippen MR) is 63.3 cm³/mol. The fourth-order valence-corrected chi connectivity index (χ4v) is 1.31. The van der Waals surface area contributed by atoms with Gasteiger partial charge in [0, 0.05) is 32.1 Å². The molecule has 0 atom stereocenters. The van der Waals surface area contributed by atoms with Gasteiger partial charge in [0.15, 0.2) is 0 Å². The Bertz CT molecular complexity index is 154. The van der Waals surface area contributed by atoms with E-state index in [0.29, 0.717) is 18.8 Å². The summed E-state index contributed by atoms with van der Waals surface area (Å²) in [6.07, 6.45) is 4.31. The third kappa shape index (κ3) is 11.6. The first kappa shape index (κ1) is 14.7. The molecule has 0 aliphatic carbocycles. The molecule has 3 nitrogen and oxygen atoms in total. The van der Waals surface area contributed by atoms with Crippen molar-refractivity contribution in [2.24, 2.45) is 0 Å². The van der Waals surface area contributed by atoms with Crippen LogP contribution in [0.3, 0.4) is 0 Å². The smallest absolute Gasteiger partial charge is 0.219 e. The first-order valence-corrected chi connectivity index (χ1v) is 6.25. The van der Waals surface area contributed by atoms with Gasteiger partial charge < -0.3 is 10.1 Å². The van der Waals surface area contributed by atoms with E-state index in [-0.39, 0.29) is 5.91 Å². The molecule has 0 aromatic rings. The van der Waals surface area contributed by atoms with Crippen LogP contribution in [0, 0.1) is 0 Å². The highest BCUT2D eigenvalue weighted by Gasteiger charge is 1.99. The van der Waals surface area contributed by atoms with E-state index < -0.39 is 0 Å². The topological polar surface area (TPSA) is 38.3 Å². The molecule has 0 unspecified atom stereocenters. The van der Waals surface area contributed by atoms with Crippen LogP contribution in [-0.4, -0.2) is 31.5 Å². The summed E-state index contributed by atoms with van der Waals surface area (Å²) in [6, 6.07) is 0. The molecule has 1 amide bonds. The Morgan fingerprint density at radius 2 is 2.07 bits per heavy atom. The molecule has 1 N–H and O–H groups in total. The zero-order valence-corrected chi connectivity index (χ0v) is 10.3. The average Bonchev–Trinajstić information content (AvgIpc) is 2.23. The summed E-state index contributed by atoms with van der Waals surface area (Å²) in [5, 5.41) is 2.86. The second-order valence-corrected chi connectivity index (χ2v) is 3.84. The van der Waals surface area contributed by atoms with Crippen LogP contribution < -0.4 is 5.32 Å². The van der Waals surface area contributed by atoms with Crippen molar-refractivity contribution in [3.05, 3.63) is 0 Å². The summed E-state index contributed by atoms with van der Waals surface area (Å²) in [5.41, 5.74) is 0. The summed E-state index contributed by atoms with van der Waals surface area (Å²) < 4.78 is 5.29. The van der Waals surface area contributed by atoms with Gasteiger partial charge in [0.1, 0.15) is 0 Å². The predicted octanol–water partition coefficient (Wildman–Crippen LogP) is 2.33. The molecule has 0 spiro atoms. The molecule has 0 heterocycles. The highest BCUT2D eigenvalue weighted by molar-refractivity contribution is 6.17. The Morgan fingerprint density at radius 3 is 2.73 bits per heavy atom. The molecule has 0 saturated carbocycles. The minimum atomic E-state index is 0.121. The Kier molecular flexibility index (Phi) is 11.6. The minimum Gasteiger partial charge on any atom is -0.381 e. The lowest BCUT2D eigenvalue weighted by Crippen LogP contribution is -2.24. The average molecular weight is 236 g/mol. The van der Waals surface area contributed by atoms with Crippen LogP contribution in [0.5, 0.6) is 0 Å². The SMILES string of the molecule is CCCOCCCNC(=O)CCCCCl. The Morgan fingerprint density at radius 1 is 1.27 bits per heavy atom. The van der Waals surface area contributed by atoms with Crippen molar-refractivity contribution in [1.29, 1.82) is 0 Å². The maximum atomic E-state index is 11.2. The summed E-state index contributed by atoms with van der Waals surface area (Å²) in [6.45, 7) is 4.33. The maximum absolute atomic E-state index is 11.2. The lowest BCUT2D eigenvalue weighted by Gasteiger charge is -2.05. The molecule has 0 rings (SSSR count). The van der Waals surface area contributed by atoms with E-state index in [9.17, 15) is 4.79 Å². The van der Waals surface area contributed by atoms with Gasteiger partial charge in [0.2, 0.25) is 5.91 Å². The number of hydrogen-bond donors (Lipinski definition) is 1. The standard InChI is InChI=1S/C11H22ClNO2/c1-2-9-15-10-5-8-13-11(14)6-3-4-7-12/h2-10H2,1H3,(H,13,14). The highest BCUT2D eigenvalue weighted by Crippen LogP contribution is 1.96. The maximum Gasteiger partial charge on any atom is 0.219 e. The van der Waals surface area contributed by atoms with Crippen molar-refractivity contribution in [2.45, 2.75) is 39.0 Å². The first-order chi connectivity index (χ1) is 7.31. The zero-order chi connectivity index (χ0) is 11.4. The number of halogens is 1. The number of hydrogen-bond acceptors (Lipinski definition) is 2. The first-order valence-electron chi connectivity index (χ1n) is 5.71. The normalized spacial score (nSPS) is 10.3. The van der Waals surface area contributed by atoms with Crippen LogP contribution in [0.2, 0.25) is 0 Å². The molecule has 15 heavy (non-hydrogen) atoms. The fraction of sp³-hybridized carbons (Fsp3) is 0.909. The number of nitrogens with one attached hydrogen (secondary N) is 1. The quantitative estimate of drug-likeness (QED) is 0.466. The second-order valence-electron chi connectivity index (χ2n) is 3.46. The Hall–Kier alpha value is -0.280. The van der Waals surface area contributed by atoms with Gasteiger partial charge in [-0.25, -0.2) is 0 Å². The van der Waals surface area contributed by atoms with Crippen LogP contribution in [0.15, 0.2) is 0 Å². The highest BCUT2D eigenvalue weighted by atomic mass is 35.5. The Labute approximate surface area is 97.5 Å². The molecule has 0 aliphatic heterocycles. The third-order valence-electron chi connectivity index (χ3n) is 1.92. The lowest BCUT2D eigenvalue weighted by atomic mass is 10.2. The Balaban J connectivity index is 3.10. The number of amides is 1. The van der Waals surface area contributed by atoms with Gasteiger partial charge in [0.05, 0.1) is 0 Å². The number of carbonyl (C=O) groups excluding carboxylic acids is 1. The van der Waals surface area contributed by atoms with Gasteiger partial charge in [0.25, 0.3) is 0 Å². The number of rotatable bonds is 10. The van der Waals surface area contributed by atoms with E-state index in [1.807, 2.05) is 0 Å². The lowest BCUT2D eigenvalue weighted by molar-refractivity contribution is -0.121. The van der Waals surface area contributed by atoms with Crippen molar-refractivity contribution in [3.63, 3.8) is 0 Å². The molecule has 90 valence electrons. The van der Waals surface area contributed by atoms with Crippen molar-refractivity contribution >= 4 is 17.5 Å². The molecule has 0 aromatic carbocycles. The summed E-state index contributed by atoms with van der Waals surface area (Å²) in [5.74, 6) is 0.758. The number of unbranched alkanes of at least 4 members (excludes halogenated alkanes) is 1. The molecule has 0 radical (unpaired) electrons. The molecule has 0 aliphatic rings. The van der Waals surface area contributed by atoms with E-state index in [2.05, 4.69) is 12.2 Å². The van der Waals surface area contributed by atoms with Crippen molar-refractivity contribution in [3.8, 4) is 0 Å². The second kappa shape index (κ2) is 11.8. The summed E-state index contributed by atoms with van der Waals surface area (Å²) in [4.78, 5) is 11.2. The van der Waals surface area contributed by atoms with E-state index in [4.69, 9.17) is 16.3 Å². The van der Waals surface area contributed by atoms with Gasteiger partial charge in [-0.05, 0) is 25.7 Å². The minimum absolute atomic E-state index is 0.121. The molecular formula is C11H22ClNO2. The van der Waals surface area contributed by atoms with Gasteiger partial charge in [-0.1, -0.05) is 6.92 Å². The van der Waals surface area contributed by atoms with Crippen molar-refractivity contribution in [2.75, 3.05) is 25.6 Å².